The van der Waals surface area contributed by atoms with Gasteiger partial charge in [-0.15, -0.1) is 0 Å². The van der Waals surface area contributed by atoms with Gasteiger partial charge in [-0.2, -0.15) is 0 Å². The summed E-state index contributed by atoms with van der Waals surface area (Å²) in [6.45, 7) is 10.8. The van der Waals surface area contributed by atoms with E-state index >= 15 is 0 Å². The Morgan fingerprint density at radius 2 is 1.41 bits per heavy atom. The maximum Gasteiger partial charge on any atom is 0.326 e. The molecule has 0 rings (SSSR count). The fourth-order valence-corrected chi connectivity index (χ4v) is 3.06. The van der Waals surface area contributed by atoms with Crippen molar-refractivity contribution in [3.8, 4) is 0 Å². The zero-order chi connectivity index (χ0) is 26.6. The summed E-state index contributed by atoms with van der Waals surface area (Å²) in [7, 11) is 0. The molecule has 0 saturated heterocycles. The molecule has 0 spiro atoms. The maximum atomic E-state index is 13.1. The standard InChI is InChI=1S/C22H43N7O5/c1-7-13(6)17(21(33)34)29-20(32)16(12(4)5)28-18(30)14(9-8-10-26-22(24)25)27-19(31)15(23)11(2)3/h11-17H,7-10,23H2,1-6H3,(H,27,31)(H,28,30)(H,29,32)(H,33,34)(H4,24,25,26). The van der Waals surface area contributed by atoms with Gasteiger partial charge < -0.3 is 38.3 Å². The Labute approximate surface area is 201 Å². The summed E-state index contributed by atoms with van der Waals surface area (Å²) in [6.07, 6.45) is 1.15. The molecule has 0 heterocycles. The van der Waals surface area contributed by atoms with Gasteiger partial charge in [-0.1, -0.05) is 48.0 Å². The van der Waals surface area contributed by atoms with E-state index in [4.69, 9.17) is 17.2 Å². The van der Waals surface area contributed by atoms with E-state index in [-0.39, 0.29) is 36.7 Å². The van der Waals surface area contributed by atoms with Crippen LogP contribution in [0, 0.1) is 17.8 Å². The fraction of sp³-hybridized carbons (Fsp3) is 0.773. The Bertz CT molecular complexity index is 722. The molecule has 34 heavy (non-hydrogen) atoms. The van der Waals surface area contributed by atoms with Crippen LogP contribution in [0.3, 0.4) is 0 Å². The van der Waals surface area contributed by atoms with E-state index in [1.165, 1.54) is 0 Å². The highest BCUT2D eigenvalue weighted by atomic mass is 16.4. The van der Waals surface area contributed by atoms with Crippen molar-refractivity contribution < 1.29 is 24.3 Å². The quantitative estimate of drug-likeness (QED) is 0.0888. The highest BCUT2D eigenvalue weighted by Gasteiger charge is 2.33. The van der Waals surface area contributed by atoms with Gasteiger partial charge in [0.05, 0.1) is 6.04 Å². The molecule has 0 aromatic heterocycles. The lowest BCUT2D eigenvalue weighted by Crippen LogP contribution is -2.59. The molecule has 5 unspecified atom stereocenters. The van der Waals surface area contributed by atoms with Crippen LogP contribution in [0.1, 0.15) is 60.8 Å². The maximum absolute atomic E-state index is 13.1. The monoisotopic (exact) mass is 485 g/mol. The third-order valence-corrected chi connectivity index (χ3v) is 5.62. The highest BCUT2D eigenvalue weighted by Crippen LogP contribution is 2.11. The van der Waals surface area contributed by atoms with Crippen molar-refractivity contribution in [3.63, 3.8) is 0 Å². The first kappa shape index (κ1) is 31.1. The summed E-state index contributed by atoms with van der Waals surface area (Å²) in [5.41, 5.74) is 16.6. The van der Waals surface area contributed by atoms with Crippen LogP contribution >= 0.6 is 0 Å². The number of guanidine groups is 1. The van der Waals surface area contributed by atoms with Crippen LogP contribution < -0.4 is 33.2 Å². The fourth-order valence-electron chi connectivity index (χ4n) is 3.06. The number of carboxylic acid groups (broad SMARTS) is 1. The predicted molar refractivity (Wildman–Crippen MR) is 130 cm³/mol. The Morgan fingerprint density at radius 1 is 0.853 bits per heavy atom. The number of amides is 3. The molecule has 0 bridgehead atoms. The lowest BCUT2D eigenvalue weighted by Gasteiger charge is -2.28. The van der Waals surface area contributed by atoms with Gasteiger partial charge in [0.25, 0.3) is 0 Å². The minimum Gasteiger partial charge on any atom is -0.480 e. The van der Waals surface area contributed by atoms with Gasteiger partial charge in [0.2, 0.25) is 17.7 Å². The van der Waals surface area contributed by atoms with E-state index < -0.39 is 47.9 Å². The van der Waals surface area contributed by atoms with E-state index in [2.05, 4.69) is 20.9 Å². The molecule has 0 radical (unpaired) electrons. The summed E-state index contributed by atoms with van der Waals surface area (Å²) in [4.78, 5) is 53.9. The summed E-state index contributed by atoms with van der Waals surface area (Å²) >= 11 is 0. The second-order valence-electron chi connectivity index (χ2n) is 9.22. The van der Waals surface area contributed by atoms with Crippen molar-refractivity contribution in [1.82, 2.24) is 16.0 Å². The molecule has 196 valence electrons. The van der Waals surface area contributed by atoms with E-state index in [1.807, 2.05) is 6.92 Å². The number of carbonyl (C=O) groups is 4. The van der Waals surface area contributed by atoms with Gasteiger partial charge in [-0.25, -0.2) is 4.79 Å². The molecular formula is C22H43N7O5. The minimum atomic E-state index is -1.15. The van der Waals surface area contributed by atoms with Crippen LogP contribution in [0.15, 0.2) is 4.99 Å². The average molecular weight is 486 g/mol. The van der Waals surface area contributed by atoms with Gasteiger partial charge in [0, 0.05) is 6.54 Å². The summed E-state index contributed by atoms with van der Waals surface area (Å²) < 4.78 is 0. The minimum absolute atomic E-state index is 0.0855. The second kappa shape index (κ2) is 15.1. The number of rotatable bonds is 15. The Kier molecular flexibility index (Phi) is 13.8. The molecule has 3 amide bonds. The molecule has 0 aromatic carbocycles. The van der Waals surface area contributed by atoms with Crippen LogP contribution in [-0.4, -0.2) is 65.5 Å². The summed E-state index contributed by atoms with van der Waals surface area (Å²) in [5.74, 6) is -3.71. The largest absolute Gasteiger partial charge is 0.480 e. The average Bonchev–Trinajstić information content (AvgIpc) is 2.75. The van der Waals surface area contributed by atoms with Crippen molar-refractivity contribution in [3.05, 3.63) is 0 Å². The molecular weight excluding hydrogens is 442 g/mol. The topological polar surface area (TPSA) is 215 Å². The number of carboxylic acids is 1. The third kappa shape index (κ3) is 10.8. The van der Waals surface area contributed by atoms with Crippen molar-refractivity contribution >= 4 is 29.7 Å². The van der Waals surface area contributed by atoms with Crippen LogP contribution in [0.2, 0.25) is 0 Å². The van der Waals surface area contributed by atoms with E-state index in [0.29, 0.717) is 12.8 Å². The van der Waals surface area contributed by atoms with Crippen LogP contribution in [0.25, 0.3) is 0 Å². The molecule has 5 atom stereocenters. The SMILES string of the molecule is CCC(C)C(NC(=O)C(NC(=O)C(CCCN=C(N)N)NC(=O)C(N)C(C)C)C(C)C)C(=O)O. The van der Waals surface area contributed by atoms with Gasteiger partial charge in [-0.05, 0) is 30.6 Å². The van der Waals surface area contributed by atoms with E-state index in [9.17, 15) is 24.3 Å². The Hall–Kier alpha value is -2.89. The number of nitrogens with one attached hydrogen (secondary N) is 3. The second-order valence-corrected chi connectivity index (χ2v) is 9.22. The summed E-state index contributed by atoms with van der Waals surface area (Å²) in [6, 6.07) is -3.89. The first-order chi connectivity index (χ1) is 15.7. The summed E-state index contributed by atoms with van der Waals surface area (Å²) in [5, 5.41) is 17.3. The first-order valence-corrected chi connectivity index (χ1v) is 11.7. The molecule has 0 saturated carbocycles. The number of nitrogens with zero attached hydrogens (tertiary/aromatic N) is 1. The Morgan fingerprint density at radius 3 is 1.85 bits per heavy atom. The molecule has 12 heteroatoms. The molecule has 0 aliphatic heterocycles. The lowest BCUT2D eigenvalue weighted by atomic mass is 9.97. The molecule has 0 aromatic rings. The molecule has 12 nitrogen and oxygen atoms in total. The molecule has 0 fully saturated rings. The highest BCUT2D eigenvalue weighted by molar-refractivity contribution is 5.94. The van der Waals surface area contributed by atoms with Crippen molar-refractivity contribution in [2.45, 2.75) is 85.0 Å². The van der Waals surface area contributed by atoms with Gasteiger partial charge in [-0.3, -0.25) is 19.4 Å². The Balaban J connectivity index is 5.56. The van der Waals surface area contributed by atoms with Gasteiger partial charge >= 0.3 is 5.97 Å². The zero-order valence-electron chi connectivity index (χ0n) is 21.1. The molecule has 10 N–H and O–H groups in total. The van der Waals surface area contributed by atoms with Crippen molar-refractivity contribution in [2.75, 3.05) is 6.54 Å². The van der Waals surface area contributed by atoms with Crippen LogP contribution in [-0.2, 0) is 19.2 Å². The number of carbonyl (C=O) groups excluding carboxylic acids is 3. The third-order valence-electron chi connectivity index (χ3n) is 5.62. The van der Waals surface area contributed by atoms with Gasteiger partial charge in [0.15, 0.2) is 5.96 Å². The van der Waals surface area contributed by atoms with Crippen LogP contribution in [0.5, 0.6) is 0 Å². The van der Waals surface area contributed by atoms with Crippen LogP contribution in [0.4, 0.5) is 0 Å². The number of aliphatic imine (C=N–C) groups is 1. The number of hydrogen-bond donors (Lipinski definition) is 7. The first-order valence-electron chi connectivity index (χ1n) is 11.7. The van der Waals surface area contributed by atoms with Crippen molar-refractivity contribution in [1.29, 1.82) is 0 Å². The number of aliphatic carboxylic acids is 1. The number of hydrogen-bond acceptors (Lipinski definition) is 6. The number of nitrogens with two attached hydrogens (primary N) is 3. The van der Waals surface area contributed by atoms with E-state index in [1.54, 1.807) is 34.6 Å². The lowest BCUT2D eigenvalue weighted by molar-refractivity contribution is -0.144. The molecule has 0 aliphatic carbocycles. The zero-order valence-corrected chi connectivity index (χ0v) is 21.1. The smallest absolute Gasteiger partial charge is 0.326 e. The van der Waals surface area contributed by atoms with Gasteiger partial charge in [0.1, 0.15) is 18.1 Å². The van der Waals surface area contributed by atoms with Crippen molar-refractivity contribution in [2.24, 2.45) is 39.9 Å². The predicted octanol–water partition coefficient (Wildman–Crippen LogP) is -0.736. The normalized spacial score (nSPS) is 15.6. The molecule has 0 aliphatic rings. The van der Waals surface area contributed by atoms with E-state index in [0.717, 1.165) is 0 Å².